The van der Waals surface area contributed by atoms with E-state index in [2.05, 4.69) is 29.4 Å². The molecular weight excluding hydrogens is 254 g/mol. The minimum Gasteiger partial charge on any atom is -0.316 e. The largest absolute Gasteiger partial charge is 0.316 e. The lowest BCUT2D eigenvalue weighted by molar-refractivity contribution is 0.553. The Morgan fingerprint density at radius 2 is 1.89 bits per heavy atom. The van der Waals surface area contributed by atoms with Gasteiger partial charge in [0.15, 0.2) is 0 Å². The molecule has 1 aromatic heterocycles. The number of nitrogens with one attached hydrogen (secondary N) is 1. The van der Waals surface area contributed by atoms with Crippen LogP contribution < -0.4 is 5.32 Å². The molecule has 2 rings (SSSR count). The number of hydrogen-bond acceptors (Lipinski definition) is 4. The van der Waals surface area contributed by atoms with E-state index in [9.17, 15) is 0 Å². The van der Waals surface area contributed by atoms with Gasteiger partial charge in [0.1, 0.15) is 10.0 Å². The van der Waals surface area contributed by atoms with Crippen LogP contribution in [0.2, 0.25) is 0 Å². The Kier molecular flexibility index (Phi) is 6.24. The van der Waals surface area contributed by atoms with Crippen molar-refractivity contribution < 1.29 is 0 Å². The maximum atomic E-state index is 4.44. The summed E-state index contributed by atoms with van der Waals surface area (Å²) in [6.07, 6.45) is 9.21. The minimum atomic E-state index is 0.692. The van der Waals surface area contributed by atoms with Gasteiger partial charge in [-0.15, -0.1) is 21.5 Å². The molecule has 1 aromatic rings. The lowest BCUT2D eigenvalue weighted by Crippen LogP contribution is -2.22. The molecule has 0 aliphatic heterocycles. The van der Waals surface area contributed by atoms with E-state index in [0.717, 1.165) is 25.4 Å². The molecule has 19 heavy (non-hydrogen) atoms. The maximum Gasteiger partial charge on any atom is 0.120 e. The van der Waals surface area contributed by atoms with Crippen molar-refractivity contribution in [2.45, 2.75) is 64.7 Å². The van der Waals surface area contributed by atoms with Gasteiger partial charge >= 0.3 is 0 Å². The molecule has 4 heteroatoms. The molecule has 1 fully saturated rings. The molecule has 1 aliphatic rings. The lowest BCUT2D eigenvalue weighted by atomic mass is 10.0. The third-order valence-electron chi connectivity index (χ3n) is 3.76. The van der Waals surface area contributed by atoms with Gasteiger partial charge in [0.2, 0.25) is 0 Å². The minimum absolute atomic E-state index is 0.692. The summed E-state index contributed by atoms with van der Waals surface area (Å²) in [5.74, 6) is 1.41. The van der Waals surface area contributed by atoms with Crippen molar-refractivity contribution >= 4 is 11.3 Å². The standard InChI is InChI=1S/C15H27N3S/c1-12(2)11-16-10-9-14-17-18-15(19-14)13-7-5-3-4-6-8-13/h12-13,16H,3-11H2,1-2H3. The fourth-order valence-electron chi connectivity index (χ4n) is 2.64. The molecule has 0 atom stereocenters. The van der Waals surface area contributed by atoms with Crippen molar-refractivity contribution in [2.75, 3.05) is 13.1 Å². The fraction of sp³-hybridized carbons (Fsp3) is 0.867. The van der Waals surface area contributed by atoms with Crippen LogP contribution in [0.5, 0.6) is 0 Å². The van der Waals surface area contributed by atoms with Gasteiger partial charge in [0.05, 0.1) is 0 Å². The second-order valence-electron chi connectivity index (χ2n) is 6.07. The summed E-state index contributed by atoms with van der Waals surface area (Å²) in [4.78, 5) is 0. The van der Waals surface area contributed by atoms with Gasteiger partial charge < -0.3 is 5.32 Å². The van der Waals surface area contributed by atoms with E-state index in [1.54, 1.807) is 0 Å². The van der Waals surface area contributed by atoms with Crippen LogP contribution in [0.3, 0.4) is 0 Å². The summed E-state index contributed by atoms with van der Waals surface area (Å²) in [6, 6.07) is 0. The molecule has 0 bridgehead atoms. The van der Waals surface area contributed by atoms with Crippen LogP contribution >= 0.6 is 11.3 Å². The Bertz CT molecular complexity index is 354. The summed E-state index contributed by atoms with van der Waals surface area (Å²) in [7, 11) is 0. The molecular formula is C15H27N3S. The van der Waals surface area contributed by atoms with Crippen molar-refractivity contribution in [2.24, 2.45) is 5.92 Å². The van der Waals surface area contributed by atoms with E-state index in [1.165, 1.54) is 48.5 Å². The van der Waals surface area contributed by atoms with Crippen molar-refractivity contribution in [1.29, 1.82) is 0 Å². The highest BCUT2D eigenvalue weighted by molar-refractivity contribution is 7.11. The van der Waals surface area contributed by atoms with Gasteiger partial charge in [0, 0.05) is 18.9 Å². The SMILES string of the molecule is CC(C)CNCCc1nnc(C2CCCCCC2)s1. The highest BCUT2D eigenvalue weighted by atomic mass is 32.1. The molecule has 0 unspecified atom stereocenters. The zero-order chi connectivity index (χ0) is 13.5. The lowest BCUT2D eigenvalue weighted by Gasteiger charge is -2.08. The van der Waals surface area contributed by atoms with Crippen LogP contribution in [-0.2, 0) is 6.42 Å². The molecule has 0 aromatic carbocycles. The summed E-state index contributed by atoms with van der Waals surface area (Å²) < 4.78 is 0. The van der Waals surface area contributed by atoms with E-state index in [4.69, 9.17) is 0 Å². The maximum absolute atomic E-state index is 4.44. The predicted octanol–water partition coefficient (Wildman–Crippen LogP) is 3.76. The summed E-state index contributed by atoms with van der Waals surface area (Å²) in [6.45, 7) is 6.59. The van der Waals surface area contributed by atoms with E-state index in [0.29, 0.717) is 5.92 Å². The Hall–Kier alpha value is -0.480. The van der Waals surface area contributed by atoms with Crippen LogP contribution in [0, 0.1) is 5.92 Å². The Morgan fingerprint density at radius 3 is 2.58 bits per heavy atom. The van der Waals surface area contributed by atoms with Gasteiger partial charge in [-0.3, -0.25) is 0 Å². The molecule has 0 spiro atoms. The smallest absolute Gasteiger partial charge is 0.120 e. The van der Waals surface area contributed by atoms with Crippen molar-refractivity contribution in [3.8, 4) is 0 Å². The Balaban J connectivity index is 1.77. The third kappa shape index (κ3) is 5.19. The first-order chi connectivity index (χ1) is 9.25. The van der Waals surface area contributed by atoms with Crippen LogP contribution in [-0.4, -0.2) is 23.3 Å². The zero-order valence-corrected chi connectivity index (χ0v) is 13.1. The first-order valence-corrected chi connectivity index (χ1v) is 8.60. The van der Waals surface area contributed by atoms with E-state index < -0.39 is 0 Å². The van der Waals surface area contributed by atoms with E-state index >= 15 is 0 Å². The molecule has 1 saturated carbocycles. The Labute approximate surface area is 121 Å². The predicted molar refractivity (Wildman–Crippen MR) is 81.8 cm³/mol. The highest BCUT2D eigenvalue weighted by Crippen LogP contribution is 2.33. The summed E-state index contributed by atoms with van der Waals surface area (Å²) in [5.41, 5.74) is 0. The van der Waals surface area contributed by atoms with Crippen molar-refractivity contribution in [1.82, 2.24) is 15.5 Å². The normalized spacial score (nSPS) is 17.8. The molecule has 1 heterocycles. The molecule has 0 saturated heterocycles. The zero-order valence-electron chi connectivity index (χ0n) is 12.3. The number of rotatable bonds is 6. The Morgan fingerprint density at radius 1 is 1.16 bits per heavy atom. The third-order valence-corrected chi connectivity index (χ3v) is 4.90. The fourth-order valence-corrected chi connectivity index (χ4v) is 3.66. The average molecular weight is 281 g/mol. The molecule has 3 nitrogen and oxygen atoms in total. The van der Waals surface area contributed by atoms with Crippen LogP contribution in [0.15, 0.2) is 0 Å². The molecule has 0 radical (unpaired) electrons. The van der Waals surface area contributed by atoms with Gasteiger partial charge in [-0.1, -0.05) is 39.5 Å². The second kappa shape index (κ2) is 7.95. The summed E-state index contributed by atoms with van der Waals surface area (Å²) in [5, 5.41) is 14.8. The molecule has 1 aliphatic carbocycles. The van der Waals surface area contributed by atoms with Gasteiger partial charge in [-0.25, -0.2) is 0 Å². The highest BCUT2D eigenvalue weighted by Gasteiger charge is 2.18. The summed E-state index contributed by atoms with van der Waals surface area (Å²) >= 11 is 1.85. The number of nitrogens with zero attached hydrogens (tertiary/aromatic N) is 2. The molecule has 108 valence electrons. The number of aromatic nitrogens is 2. The van der Waals surface area contributed by atoms with Gasteiger partial charge in [-0.05, 0) is 25.3 Å². The van der Waals surface area contributed by atoms with E-state index in [1.807, 2.05) is 11.3 Å². The van der Waals surface area contributed by atoms with Crippen LogP contribution in [0.25, 0.3) is 0 Å². The number of hydrogen-bond donors (Lipinski definition) is 1. The van der Waals surface area contributed by atoms with E-state index in [-0.39, 0.29) is 0 Å². The molecule has 0 amide bonds. The molecule has 1 N–H and O–H groups in total. The first-order valence-electron chi connectivity index (χ1n) is 7.78. The van der Waals surface area contributed by atoms with Gasteiger partial charge in [-0.2, -0.15) is 0 Å². The van der Waals surface area contributed by atoms with Gasteiger partial charge in [0.25, 0.3) is 0 Å². The topological polar surface area (TPSA) is 37.8 Å². The van der Waals surface area contributed by atoms with Crippen LogP contribution in [0.4, 0.5) is 0 Å². The van der Waals surface area contributed by atoms with Crippen molar-refractivity contribution in [3.05, 3.63) is 10.0 Å². The average Bonchev–Trinajstić information content (AvgIpc) is 2.68. The van der Waals surface area contributed by atoms with Crippen molar-refractivity contribution in [3.63, 3.8) is 0 Å². The first kappa shape index (κ1) is 14.9. The van der Waals surface area contributed by atoms with Crippen LogP contribution in [0.1, 0.15) is 68.3 Å². The second-order valence-corrected chi connectivity index (χ2v) is 7.16. The monoisotopic (exact) mass is 281 g/mol. The quantitative estimate of drug-likeness (QED) is 0.637.